The van der Waals surface area contributed by atoms with E-state index in [1.165, 1.54) is 22.9 Å². The SMILES string of the molecule is Cc1cc(=O)c(C(=O)Nc2ccccc2Cn2cccn2)nn1-c1ccccc1F. The van der Waals surface area contributed by atoms with Crippen molar-refractivity contribution in [1.82, 2.24) is 19.6 Å². The number of anilines is 1. The van der Waals surface area contributed by atoms with Crippen LogP contribution in [0.25, 0.3) is 5.69 Å². The number of hydrogen-bond donors (Lipinski definition) is 1. The van der Waals surface area contributed by atoms with E-state index in [1.54, 1.807) is 42.1 Å². The summed E-state index contributed by atoms with van der Waals surface area (Å²) in [5.74, 6) is -1.18. The molecule has 0 fully saturated rings. The number of nitrogens with one attached hydrogen (secondary N) is 1. The fourth-order valence-electron chi connectivity index (χ4n) is 3.10. The summed E-state index contributed by atoms with van der Waals surface area (Å²) in [6.45, 7) is 2.08. The van der Waals surface area contributed by atoms with E-state index in [2.05, 4.69) is 15.5 Å². The van der Waals surface area contributed by atoms with E-state index in [4.69, 9.17) is 0 Å². The van der Waals surface area contributed by atoms with Crippen LogP contribution in [0.2, 0.25) is 0 Å². The lowest BCUT2D eigenvalue weighted by atomic mass is 10.1. The maximum atomic E-state index is 14.2. The third-order valence-corrected chi connectivity index (χ3v) is 4.56. The van der Waals surface area contributed by atoms with Crippen LogP contribution in [0.3, 0.4) is 0 Å². The van der Waals surface area contributed by atoms with Gasteiger partial charge in [-0.1, -0.05) is 30.3 Å². The van der Waals surface area contributed by atoms with Crippen molar-refractivity contribution in [3.63, 3.8) is 0 Å². The number of carbonyl (C=O) groups is 1. The third-order valence-electron chi connectivity index (χ3n) is 4.56. The smallest absolute Gasteiger partial charge is 0.280 e. The third kappa shape index (κ3) is 3.88. The molecule has 2 heterocycles. The molecule has 0 atom stereocenters. The predicted molar refractivity (Wildman–Crippen MR) is 110 cm³/mol. The molecule has 4 rings (SSSR count). The van der Waals surface area contributed by atoms with Crippen LogP contribution in [-0.4, -0.2) is 25.5 Å². The van der Waals surface area contributed by atoms with Gasteiger partial charge in [0.1, 0.15) is 11.5 Å². The van der Waals surface area contributed by atoms with E-state index < -0.39 is 17.2 Å². The molecule has 0 aliphatic carbocycles. The first-order valence-corrected chi connectivity index (χ1v) is 9.25. The number of halogens is 1. The fourth-order valence-corrected chi connectivity index (χ4v) is 3.10. The summed E-state index contributed by atoms with van der Waals surface area (Å²) in [7, 11) is 0. The summed E-state index contributed by atoms with van der Waals surface area (Å²) in [4.78, 5) is 25.3. The second-order valence-corrected chi connectivity index (χ2v) is 6.68. The highest BCUT2D eigenvalue weighted by Crippen LogP contribution is 2.17. The molecule has 0 aliphatic rings. The number of carbonyl (C=O) groups excluding carboxylic acids is 1. The van der Waals surface area contributed by atoms with Crippen LogP contribution in [0.5, 0.6) is 0 Å². The summed E-state index contributed by atoms with van der Waals surface area (Å²) in [6, 6.07) is 16.3. The van der Waals surface area contributed by atoms with Crippen molar-refractivity contribution in [3.8, 4) is 5.69 Å². The Morgan fingerprint density at radius 1 is 1.10 bits per heavy atom. The Labute approximate surface area is 171 Å². The van der Waals surface area contributed by atoms with Crippen LogP contribution in [0, 0.1) is 12.7 Å². The van der Waals surface area contributed by atoms with E-state index >= 15 is 0 Å². The molecule has 4 aromatic rings. The average molecular weight is 403 g/mol. The Morgan fingerprint density at radius 2 is 1.87 bits per heavy atom. The number of amides is 1. The molecule has 1 amide bonds. The number of aryl methyl sites for hydroxylation is 1. The van der Waals surface area contributed by atoms with Crippen LogP contribution in [0.15, 0.2) is 77.9 Å². The first-order valence-electron chi connectivity index (χ1n) is 9.25. The molecule has 0 radical (unpaired) electrons. The number of aromatic nitrogens is 4. The van der Waals surface area contributed by atoms with Crippen molar-refractivity contribution in [3.05, 3.63) is 106 Å². The number of benzene rings is 2. The molecule has 30 heavy (non-hydrogen) atoms. The number of hydrogen-bond acceptors (Lipinski definition) is 4. The molecule has 7 nitrogen and oxygen atoms in total. The van der Waals surface area contributed by atoms with Gasteiger partial charge in [-0.15, -0.1) is 0 Å². The molecule has 2 aromatic heterocycles. The Hall–Kier alpha value is -4.07. The number of rotatable bonds is 5. The monoisotopic (exact) mass is 403 g/mol. The van der Waals surface area contributed by atoms with Gasteiger partial charge in [-0.25, -0.2) is 9.07 Å². The van der Waals surface area contributed by atoms with Crippen molar-refractivity contribution in [2.75, 3.05) is 5.32 Å². The topological polar surface area (TPSA) is 81.8 Å². The van der Waals surface area contributed by atoms with E-state index in [9.17, 15) is 14.0 Å². The number of para-hydroxylation sites is 2. The highest BCUT2D eigenvalue weighted by atomic mass is 19.1. The van der Waals surface area contributed by atoms with Gasteiger partial charge in [-0.3, -0.25) is 14.3 Å². The standard InChI is InChI=1S/C22H18FN5O2/c1-15-13-20(29)21(26-28(15)19-10-5-3-8-17(19)23)22(30)25-18-9-4-2-7-16(18)14-27-12-6-11-24-27/h2-13H,14H2,1H3,(H,25,30). The highest BCUT2D eigenvalue weighted by molar-refractivity contribution is 6.03. The van der Waals surface area contributed by atoms with Crippen molar-refractivity contribution in [2.45, 2.75) is 13.5 Å². The highest BCUT2D eigenvalue weighted by Gasteiger charge is 2.18. The lowest BCUT2D eigenvalue weighted by Crippen LogP contribution is -2.27. The molecule has 150 valence electrons. The lowest BCUT2D eigenvalue weighted by Gasteiger charge is -2.13. The number of nitrogens with zero attached hydrogens (tertiary/aromatic N) is 4. The van der Waals surface area contributed by atoms with Crippen LogP contribution in [0.4, 0.5) is 10.1 Å². The minimum Gasteiger partial charge on any atom is -0.320 e. The lowest BCUT2D eigenvalue weighted by molar-refractivity contribution is 0.101. The van der Waals surface area contributed by atoms with Gasteiger partial charge in [-0.05, 0) is 36.8 Å². The second kappa shape index (κ2) is 8.12. The van der Waals surface area contributed by atoms with E-state index in [1.807, 2.05) is 24.4 Å². The summed E-state index contributed by atoms with van der Waals surface area (Å²) >= 11 is 0. The van der Waals surface area contributed by atoms with Crippen LogP contribution in [0.1, 0.15) is 21.7 Å². The Bertz CT molecular complexity index is 1260. The first-order chi connectivity index (χ1) is 14.5. The zero-order valence-electron chi connectivity index (χ0n) is 16.1. The molecule has 1 N–H and O–H groups in total. The fraction of sp³-hybridized carbons (Fsp3) is 0.0909. The largest absolute Gasteiger partial charge is 0.320 e. The van der Waals surface area contributed by atoms with Crippen molar-refractivity contribution in [2.24, 2.45) is 0 Å². The van der Waals surface area contributed by atoms with Gasteiger partial charge in [0.2, 0.25) is 5.43 Å². The molecule has 0 unspecified atom stereocenters. The van der Waals surface area contributed by atoms with Crippen LogP contribution < -0.4 is 10.7 Å². The molecule has 0 saturated heterocycles. The summed E-state index contributed by atoms with van der Waals surface area (Å²) in [6.07, 6.45) is 3.48. The molecule has 0 saturated carbocycles. The minimum atomic E-state index is -0.669. The molecular formula is C22H18FN5O2. The molecule has 0 spiro atoms. The van der Waals surface area contributed by atoms with Crippen LogP contribution in [-0.2, 0) is 6.54 Å². The van der Waals surface area contributed by atoms with Crippen molar-refractivity contribution in [1.29, 1.82) is 0 Å². The second-order valence-electron chi connectivity index (χ2n) is 6.68. The average Bonchev–Trinajstić information content (AvgIpc) is 3.23. The maximum Gasteiger partial charge on any atom is 0.280 e. The van der Waals surface area contributed by atoms with Crippen LogP contribution >= 0.6 is 0 Å². The summed E-state index contributed by atoms with van der Waals surface area (Å²) in [5, 5.41) is 11.1. The van der Waals surface area contributed by atoms with Gasteiger partial charge in [0.05, 0.1) is 6.54 Å². The first kappa shape index (κ1) is 19.3. The Kier molecular flexibility index (Phi) is 5.21. The van der Waals surface area contributed by atoms with E-state index in [-0.39, 0.29) is 11.4 Å². The molecular weight excluding hydrogens is 385 g/mol. The molecule has 8 heteroatoms. The summed E-state index contributed by atoms with van der Waals surface area (Å²) < 4.78 is 17.2. The summed E-state index contributed by atoms with van der Waals surface area (Å²) in [5.41, 5.74) is 1.07. The predicted octanol–water partition coefficient (Wildman–Crippen LogP) is 3.18. The Morgan fingerprint density at radius 3 is 2.63 bits per heavy atom. The molecule has 0 aliphatic heterocycles. The van der Waals surface area contributed by atoms with Gasteiger partial charge in [0, 0.05) is 29.8 Å². The van der Waals surface area contributed by atoms with Gasteiger partial charge in [0.15, 0.2) is 5.69 Å². The van der Waals surface area contributed by atoms with Gasteiger partial charge < -0.3 is 5.32 Å². The Balaban J connectivity index is 1.67. The molecule has 0 bridgehead atoms. The van der Waals surface area contributed by atoms with Gasteiger partial charge >= 0.3 is 0 Å². The quantitative estimate of drug-likeness (QED) is 0.555. The van der Waals surface area contributed by atoms with Gasteiger partial charge in [-0.2, -0.15) is 10.2 Å². The zero-order chi connectivity index (χ0) is 21.1. The molecule has 2 aromatic carbocycles. The minimum absolute atomic E-state index is 0.156. The normalized spacial score (nSPS) is 10.7. The van der Waals surface area contributed by atoms with E-state index in [0.717, 1.165) is 5.56 Å². The zero-order valence-corrected chi connectivity index (χ0v) is 16.1. The van der Waals surface area contributed by atoms with Gasteiger partial charge in [0.25, 0.3) is 5.91 Å². The van der Waals surface area contributed by atoms with E-state index in [0.29, 0.717) is 17.9 Å². The maximum absolute atomic E-state index is 14.2. The van der Waals surface area contributed by atoms with Crippen molar-refractivity contribution >= 4 is 11.6 Å². The van der Waals surface area contributed by atoms with Crippen molar-refractivity contribution < 1.29 is 9.18 Å².